The van der Waals surface area contributed by atoms with Gasteiger partial charge in [0.2, 0.25) is 0 Å². The Hall–Kier alpha value is -1.02. The monoisotopic (exact) mass is 256 g/mol. The van der Waals surface area contributed by atoms with Gasteiger partial charge in [-0.05, 0) is 42.2 Å². The Morgan fingerprint density at radius 3 is 2.68 bits per heavy atom. The lowest BCUT2D eigenvalue weighted by atomic mass is 9.82. The number of nitrogens with zero attached hydrogens (tertiary/aromatic N) is 1. The number of benzene rings is 1. The lowest BCUT2D eigenvalue weighted by molar-refractivity contribution is 0.299. The third kappa shape index (κ3) is 2.16. The van der Waals surface area contributed by atoms with Gasteiger partial charge in [-0.1, -0.05) is 31.0 Å². The Morgan fingerprint density at radius 2 is 1.89 bits per heavy atom. The number of anilines is 1. The van der Waals surface area contributed by atoms with Crippen LogP contribution in [0.25, 0.3) is 0 Å². The highest BCUT2D eigenvalue weighted by atomic mass is 15.2. The van der Waals surface area contributed by atoms with E-state index in [9.17, 15) is 0 Å². The van der Waals surface area contributed by atoms with Crippen LogP contribution in [0.1, 0.15) is 36.8 Å². The van der Waals surface area contributed by atoms with Crippen molar-refractivity contribution in [2.24, 2.45) is 11.8 Å². The molecular weight excluding hydrogens is 232 g/mol. The van der Waals surface area contributed by atoms with E-state index in [0.29, 0.717) is 0 Å². The molecule has 0 unspecified atom stereocenters. The second-order valence-electron chi connectivity index (χ2n) is 6.63. The number of hydrogen-bond donors (Lipinski definition) is 1. The summed E-state index contributed by atoms with van der Waals surface area (Å²) in [4.78, 5) is 2.70. The zero-order valence-electron chi connectivity index (χ0n) is 11.7. The number of rotatable bonds is 2. The van der Waals surface area contributed by atoms with Gasteiger partial charge in [0, 0.05) is 31.9 Å². The molecule has 4 rings (SSSR count). The summed E-state index contributed by atoms with van der Waals surface area (Å²) in [6.07, 6.45) is 7.10. The summed E-state index contributed by atoms with van der Waals surface area (Å²) in [5, 5.41) is 3.58. The van der Waals surface area contributed by atoms with Crippen LogP contribution >= 0.6 is 0 Å². The van der Waals surface area contributed by atoms with Gasteiger partial charge in [-0.25, -0.2) is 0 Å². The molecule has 102 valence electrons. The van der Waals surface area contributed by atoms with Crippen LogP contribution in [0, 0.1) is 11.8 Å². The van der Waals surface area contributed by atoms with E-state index >= 15 is 0 Å². The van der Waals surface area contributed by atoms with Crippen LogP contribution in [0.2, 0.25) is 0 Å². The van der Waals surface area contributed by atoms with Crippen molar-refractivity contribution in [3.8, 4) is 0 Å². The summed E-state index contributed by atoms with van der Waals surface area (Å²) in [6.45, 7) is 4.96. The summed E-state index contributed by atoms with van der Waals surface area (Å²) in [5.74, 6) is 2.00. The van der Waals surface area contributed by atoms with Gasteiger partial charge in [0.15, 0.2) is 0 Å². The van der Waals surface area contributed by atoms with Gasteiger partial charge < -0.3 is 5.32 Å². The van der Waals surface area contributed by atoms with Gasteiger partial charge >= 0.3 is 0 Å². The molecule has 0 spiro atoms. The maximum atomic E-state index is 3.58. The quantitative estimate of drug-likeness (QED) is 0.873. The van der Waals surface area contributed by atoms with Gasteiger partial charge in [-0.15, -0.1) is 0 Å². The Labute approximate surface area is 116 Å². The highest BCUT2D eigenvalue weighted by molar-refractivity contribution is 5.61. The normalized spacial score (nSPS) is 29.9. The minimum Gasteiger partial charge on any atom is -0.384 e. The summed E-state index contributed by atoms with van der Waals surface area (Å²) in [7, 11) is 0. The van der Waals surface area contributed by atoms with Crippen molar-refractivity contribution in [3.63, 3.8) is 0 Å². The lowest BCUT2D eigenvalue weighted by Crippen LogP contribution is -2.20. The summed E-state index contributed by atoms with van der Waals surface area (Å²) in [6, 6.07) is 6.84. The number of para-hydroxylation sites is 1. The number of likely N-dealkylation sites (tertiary alicyclic amines) is 1. The molecule has 1 aromatic rings. The fraction of sp³-hybridized carbons (Fsp3) is 0.647. The first-order valence-electron chi connectivity index (χ1n) is 7.97. The molecule has 2 nitrogen and oxygen atoms in total. The SMILES string of the molecule is c1cc2c(c(CN3C[C@H]4CCCC[C@H]4C3)c1)NCC2. The van der Waals surface area contributed by atoms with Crippen molar-refractivity contribution >= 4 is 5.69 Å². The van der Waals surface area contributed by atoms with Gasteiger partial charge in [-0.2, -0.15) is 0 Å². The molecule has 19 heavy (non-hydrogen) atoms. The third-order valence-electron chi connectivity index (χ3n) is 5.38. The molecule has 1 aliphatic carbocycles. The second-order valence-corrected chi connectivity index (χ2v) is 6.63. The Kier molecular flexibility index (Phi) is 2.99. The standard InChI is InChI=1S/C17H24N2/c1-2-5-15-11-19(10-14(15)4-1)12-16-7-3-6-13-8-9-18-17(13)16/h3,6-7,14-15,18H,1-2,4-5,8-12H2/t14-,15+. The lowest BCUT2D eigenvalue weighted by Gasteiger charge is -2.23. The number of nitrogens with one attached hydrogen (secondary N) is 1. The van der Waals surface area contributed by atoms with Gasteiger partial charge in [0.1, 0.15) is 0 Å². The smallest absolute Gasteiger partial charge is 0.0419 e. The fourth-order valence-corrected chi connectivity index (χ4v) is 4.42. The van der Waals surface area contributed by atoms with Crippen LogP contribution in [-0.4, -0.2) is 24.5 Å². The van der Waals surface area contributed by atoms with Crippen molar-refractivity contribution in [1.29, 1.82) is 0 Å². The molecule has 2 atom stereocenters. The average molecular weight is 256 g/mol. The van der Waals surface area contributed by atoms with Gasteiger partial charge in [0.05, 0.1) is 0 Å². The van der Waals surface area contributed by atoms with E-state index in [0.717, 1.165) is 24.9 Å². The molecular formula is C17H24N2. The molecule has 1 saturated heterocycles. The summed E-state index contributed by atoms with van der Waals surface area (Å²) in [5.41, 5.74) is 4.49. The highest BCUT2D eigenvalue weighted by Crippen LogP contribution is 2.37. The molecule has 2 heteroatoms. The van der Waals surface area contributed by atoms with Gasteiger partial charge in [0.25, 0.3) is 0 Å². The average Bonchev–Trinajstić information content (AvgIpc) is 3.04. The maximum Gasteiger partial charge on any atom is 0.0419 e. The molecule has 1 N–H and O–H groups in total. The zero-order chi connectivity index (χ0) is 12.7. The van der Waals surface area contributed by atoms with E-state index in [4.69, 9.17) is 0 Å². The largest absolute Gasteiger partial charge is 0.384 e. The van der Waals surface area contributed by atoms with E-state index in [1.54, 1.807) is 0 Å². The Bertz CT molecular complexity index is 454. The topological polar surface area (TPSA) is 15.3 Å². The summed E-state index contributed by atoms with van der Waals surface area (Å²) >= 11 is 0. The molecule has 3 aliphatic rings. The minimum atomic E-state index is 0.999. The van der Waals surface area contributed by atoms with Crippen LogP contribution < -0.4 is 5.32 Å². The Balaban J connectivity index is 1.49. The van der Waals surface area contributed by atoms with Crippen LogP contribution in [0.3, 0.4) is 0 Å². The second kappa shape index (κ2) is 4.82. The molecule has 0 amide bonds. The van der Waals surface area contributed by atoms with E-state index in [-0.39, 0.29) is 0 Å². The van der Waals surface area contributed by atoms with E-state index in [1.807, 2.05) is 0 Å². The first-order chi connectivity index (χ1) is 9.40. The van der Waals surface area contributed by atoms with Crippen LogP contribution in [0.15, 0.2) is 18.2 Å². The van der Waals surface area contributed by atoms with Crippen LogP contribution in [0.4, 0.5) is 5.69 Å². The molecule has 0 radical (unpaired) electrons. The molecule has 2 heterocycles. The minimum absolute atomic E-state index is 0.999. The van der Waals surface area contributed by atoms with Crippen molar-refractivity contribution in [2.45, 2.75) is 38.6 Å². The third-order valence-corrected chi connectivity index (χ3v) is 5.38. The molecule has 2 fully saturated rings. The molecule has 0 aromatic heterocycles. The maximum absolute atomic E-state index is 3.58. The van der Waals surface area contributed by atoms with Gasteiger partial charge in [-0.3, -0.25) is 4.90 Å². The molecule has 1 aromatic carbocycles. The molecule has 0 bridgehead atoms. The first-order valence-corrected chi connectivity index (χ1v) is 7.97. The Morgan fingerprint density at radius 1 is 1.11 bits per heavy atom. The first kappa shape index (κ1) is 11.8. The predicted octanol–water partition coefficient (Wildman–Crippen LogP) is 3.28. The van der Waals surface area contributed by atoms with Crippen LogP contribution in [-0.2, 0) is 13.0 Å². The van der Waals surface area contributed by atoms with Crippen molar-refractivity contribution in [2.75, 3.05) is 25.0 Å². The fourth-order valence-electron chi connectivity index (χ4n) is 4.42. The highest BCUT2D eigenvalue weighted by Gasteiger charge is 2.34. The van der Waals surface area contributed by atoms with Crippen molar-refractivity contribution in [1.82, 2.24) is 4.90 Å². The number of fused-ring (bicyclic) bond motifs is 2. The predicted molar refractivity (Wildman–Crippen MR) is 79.4 cm³/mol. The van der Waals surface area contributed by atoms with E-state index in [2.05, 4.69) is 28.4 Å². The summed E-state index contributed by atoms with van der Waals surface area (Å²) < 4.78 is 0. The number of hydrogen-bond acceptors (Lipinski definition) is 2. The zero-order valence-corrected chi connectivity index (χ0v) is 11.7. The van der Waals surface area contributed by atoms with Crippen molar-refractivity contribution in [3.05, 3.63) is 29.3 Å². The molecule has 2 aliphatic heterocycles. The molecule has 1 saturated carbocycles. The van der Waals surface area contributed by atoms with Crippen molar-refractivity contribution < 1.29 is 0 Å². The van der Waals surface area contributed by atoms with Crippen LogP contribution in [0.5, 0.6) is 0 Å². The van der Waals surface area contributed by atoms with E-state index in [1.165, 1.54) is 62.0 Å². The van der Waals surface area contributed by atoms with E-state index < -0.39 is 0 Å².